The van der Waals surface area contributed by atoms with E-state index in [1.807, 2.05) is 54.6 Å². The van der Waals surface area contributed by atoms with Gasteiger partial charge in [-0.05, 0) is 43.3 Å². The molecule has 0 fully saturated rings. The lowest BCUT2D eigenvalue weighted by Gasteiger charge is -2.17. The second-order valence-corrected chi connectivity index (χ2v) is 5.47. The Morgan fingerprint density at radius 3 is 2.38 bits per heavy atom. The van der Waals surface area contributed by atoms with Crippen LogP contribution in [-0.4, -0.2) is 39.3 Å². The third-order valence-corrected chi connectivity index (χ3v) is 3.75. The Morgan fingerprint density at radius 2 is 1.75 bits per heavy atom. The number of methoxy groups -OCH3 is 1. The number of para-hydroxylation sites is 1. The van der Waals surface area contributed by atoms with E-state index in [2.05, 4.69) is 12.2 Å². The zero-order valence-electron chi connectivity index (χ0n) is 14.2. The number of nitrogens with one attached hydrogen (secondary N) is 2. The van der Waals surface area contributed by atoms with Crippen molar-refractivity contribution < 1.29 is 19.2 Å². The maximum atomic E-state index is 12.2. The maximum Gasteiger partial charge on any atom is 0.279 e. The lowest BCUT2D eigenvalue weighted by molar-refractivity contribution is -0.889. The number of hydrogen-bond acceptors (Lipinski definition) is 3. The fourth-order valence-electron chi connectivity index (χ4n) is 2.33. The number of carbonyl (C=O) groups is 1. The van der Waals surface area contributed by atoms with E-state index in [1.165, 1.54) is 4.90 Å². The lowest BCUT2D eigenvalue weighted by atomic mass is 10.3. The van der Waals surface area contributed by atoms with Crippen LogP contribution in [0.5, 0.6) is 11.5 Å². The van der Waals surface area contributed by atoms with Gasteiger partial charge in [0, 0.05) is 5.69 Å². The van der Waals surface area contributed by atoms with Gasteiger partial charge in [0.05, 0.1) is 13.7 Å². The normalized spacial score (nSPS) is 11.6. The molecule has 1 amide bonds. The summed E-state index contributed by atoms with van der Waals surface area (Å²) in [4.78, 5) is 13.3. The number of quaternary nitrogens is 1. The fraction of sp³-hybridized carbons (Fsp3) is 0.316. The molecule has 0 aliphatic carbocycles. The molecule has 0 spiro atoms. The van der Waals surface area contributed by atoms with Crippen molar-refractivity contribution in [2.75, 3.05) is 38.7 Å². The first-order valence-electron chi connectivity index (χ1n) is 8.16. The zero-order valence-corrected chi connectivity index (χ0v) is 14.2. The number of hydrogen-bond donors (Lipinski definition) is 2. The molecule has 0 saturated heterocycles. The number of anilines is 1. The highest BCUT2D eigenvalue weighted by atomic mass is 16.5. The molecule has 128 valence electrons. The Bertz CT molecular complexity index is 614. The van der Waals surface area contributed by atoms with Crippen LogP contribution in [0.25, 0.3) is 0 Å². The van der Waals surface area contributed by atoms with Crippen LogP contribution >= 0.6 is 0 Å². The van der Waals surface area contributed by atoms with Crippen LogP contribution in [0, 0.1) is 0 Å². The number of carbonyl (C=O) groups excluding carboxylic acids is 1. The second kappa shape index (κ2) is 9.57. The van der Waals surface area contributed by atoms with Gasteiger partial charge in [-0.3, -0.25) is 4.79 Å². The Balaban J connectivity index is 1.75. The van der Waals surface area contributed by atoms with Gasteiger partial charge in [-0.1, -0.05) is 18.2 Å². The van der Waals surface area contributed by atoms with Gasteiger partial charge in [0.1, 0.15) is 24.7 Å². The Morgan fingerprint density at radius 1 is 1.04 bits per heavy atom. The summed E-state index contributed by atoms with van der Waals surface area (Å²) >= 11 is 0. The van der Waals surface area contributed by atoms with Crippen LogP contribution in [0.4, 0.5) is 5.69 Å². The van der Waals surface area contributed by atoms with Crippen molar-refractivity contribution in [3.63, 3.8) is 0 Å². The zero-order chi connectivity index (χ0) is 17.2. The van der Waals surface area contributed by atoms with Crippen molar-refractivity contribution in [1.82, 2.24) is 0 Å². The van der Waals surface area contributed by atoms with E-state index in [9.17, 15) is 4.79 Å². The third kappa shape index (κ3) is 5.93. The van der Waals surface area contributed by atoms with Crippen molar-refractivity contribution in [2.24, 2.45) is 0 Å². The summed E-state index contributed by atoms with van der Waals surface area (Å²) in [5.41, 5.74) is 0.775. The van der Waals surface area contributed by atoms with Gasteiger partial charge in [0.25, 0.3) is 5.91 Å². The average molecular weight is 329 g/mol. The molecular weight excluding hydrogens is 304 g/mol. The minimum atomic E-state index is -0.00303. The highest BCUT2D eigenvalue weighted by Crippen LogP contribution is 2.14. The van der Waals surface area contributed by atoms with Crippen molar-refractivity contribution in [2.45, 2.75) is 6.92 Å². The molecule has 0 heterocycles. The molecule has 5 heteroatoms. The molecule has 24 heavy (non-hydrogen) atoms. The number of ether oxygens (including phenoxy) is 2. The number of rotatable bonds is 9. The summed E-state index contributed by atoms with van der Waals surface area (Å²) in [5.74, 6) is 1.62. The predicted molar refractivity (Wildman–Crippen MR) is 94.8 cm³/mol. The van der Waals surface area contributed by atoms with E-state index in [-0.39, 0.29) is 5.91 Å². The Kier molecular flexibility index (Phi) is 7.11. The van der Waals surface area contributed by atoms with E-state index < -0.39 is 0 Å². The monoisotopic (exact) mass is 329 g/mol. The van der Waals surface area contributed by atoms with Crippen LogP contribution in [-0.2, 0) is 4.79 Å². The molecule has 0 bridgehead atoms. The molecule has 2 aromatic carbocycles. The second-order valence-electron chi connectivity index (χ2n) is 5.47. The standard InChI is InChI=1S/C19H24N2O3/c1-3-21(13-14-24-18-7-5-4-6-8-18)15-19(22)20-16-9-11-17(23-2)12-10-16/h4-12H,3,13-15H2,1-2H3,(H,20,22)/p+1. The fourth-order valence-corrected chi connectivity index (χ4v) is 2.33. The van der Waals surface area contributed by atoms with E-state index in [0.29, 0.717) is 13.2 Å². The van der Waals surface area contributed by atoms with Gasteiger partial charge in [0.15, 0.2) is 6.54 Å². The molecule has 0 radical (unpaired) electrons. The molecule has 2 rings (SSSR count). The van der Waals surface area contributed by atoms with E-state index in [4.69, 9.17) is 9.47 Å². The topological polar surface area (TPSA) is 52.0 Å². The van der Waals surface area contributed by atoms with Crippen LogP contribution in [0.2, 0.25) is 0 Å². The highest BCUT2D eigenvalue weighted by Gasteiger charge is 2.13. The van der Waals surface area contributed by atoms with Gasteiger partial charge in [0.2, 0.25) is 0 Å². The summed E-state index contributed by atoms with van der Waals surface area (Å²) in [6.45, 7) is 4.72. The summed E-state index contributed by atoms with van der Waals surface area (Å²) in [5, 5.41) is 2.91. The minimum absolute atomic E-state index is 0.00303. The molecule has 0 saturated carbocycles. The Hall–Kier alpha value is -2.53. The minimum Gasteiger partial charge on any atom is -0.497 e. The molecule has 2 aromatic rings. The summed E-state index contributed by atoms with van der Waals surface area (Å²) in [7, 11) is 1.62. The van der Waals surface area contributed by atoms with Crippen molar-refractivity contribution in [1.29, 1.82) is 0 Å². The summed E-state index contributed by atoms with van der Waals surface area (Å²) in [6.07, 6.45) is 0. The molecule has 1 atom stereocenters. The molecule has 0 aliphatic rings. The first-order valence-corrected chi connectivity index (χ1v) is 8.16. The van der Waals surface area contributed by atoms with Crippen molar-refractivity contribution >= 4 is 11.6 Å². The predicted octanol–water partition coefficient (Wildman–Crippen LogP) is 1.62. The van der Waals surface area contributed by atoms with Crippen LogP contribution in [0.3, 0.4) is 0 Å². The number of benzene rings is 2. The van der Waals surface area contributed by atoms with Crippen molar-refractivity contribution in [3.8, 4) is 11.5 Å². The summed E-state index contributed by atoms with van der Waals surface area (Å²) in [6, 6.07) is 17.0. The van der Waals surface area contributed by atoms with Gasteiger partial charge >= 0.3 is 0 Å². The number of amides is 1. The maximum absolute atomic E-state index is 12.2. The van der Waals surface area contributed by atoms with Crippen molar-refractivity contribution in [3.05, 3.63) is 54.6 Å². The van der Waals surface area contributed by atoms with Gasteiger partial charge in [-0.25, -0.2) is 0 Å². The number of likely N-dealkylation sites (N-methyl/N-ethyl adjacent to an activating group) is 1. The van der Waals surface area contributed by atoms with E-state index in [1.54, 1.807) is 7.11 Å². The molecular formula is C19H25N2O3+. The van der Waals surface area contributed by atoms with Gasteiger partial charge < -0.3 is 19.7 Å². The van der Waals surface area contributed by atoms with E-state index >= 15 is 0 Å². The van der Waals surface area contributed by atoms with E-state index in [0.717, 1.165) is 30.3 Å². The smallest absolute Gasteiger partial charge is 0.279 e. The largest absolute Gasteiger partial charge is 0.497 e. The van der Waals surface area contributed by atoms with Crippen LogP contribution in [0.15, 0.2) is 54.6 Å². The first kappa shape index (κ1) is 17.8. The molecule has 2 N–H and O–H groups in total. The molecule has 1 unspecified atom stereocenters. The first-order chi connectivity index (χ1) is 11.7. The summed E-state index contributed by atoms with van der Waals surface area (Å²) < 4.78 is 10.8. The van der Waals surface area contributed by atoms with Gasteiger partial charge in [-0.15, -0.1) is 0 Å². The quantitative estimate of drug-likeness (QED) is 0.735. The average Bonchev–Trinajstić information content (AvgIpc) is 2.62. The molecule has 5 nitrogen and oxygen atoms in total. The molecule has 0 aromatic heterocycles. The van der Waals surface area contributed by atoms with Crippen LogP contribution < -0.4 is 19.7 Å². The Labute approximate surface area is 143 Å². The van der Waals surface area contributed by atoms with Crippen LogP contribution in [0.1, 0.15) is 6.92 Å². The van der Waals surface area contributed by atoms with Gasteiger partial charge in [-0.2, -0.15) is 0 Å². The third-order valence-electron chi connectivity index (χ3n) is 3.75. The molecule has 0 aliphatic heterocycles. The lowest BCUT2D eigenvalue weighted by Crippen LogP contribution is -3.13. The SMILES string of the molecule is CC[NH+](CCOc1ccccc1)CC(=O)Nc1ccc(OC)cc1. The highest BCUT2D eigenvalue weighted by molar-refractivity contribution is 5.91.